The van der Waals surface area contributed by atoms with Crippen molar-refractivity contribution in [3.8, 4) is 0 Å². The van der Waals surface area contributed by atoms with Gasteiger partial charge in [0.25, 0.3) is 0 Å². The van der Waals surface area contributed by atoms with Crippen molar-refractivity contribution in [2.75, 3.05) is 14.1 Å². The summed E-state index contributed by atoms with van der Waals surface area (Å²) < 4.78 is 0.994. The Morgan fingerprint density at radius 1 is 1.47 bits per heavy atom. The lowest BCUT2D eigenvalue weighted by molar-refractivity contribution is 0.0902. The fourth-order valence-corrected chi connectivity index (χ4v) is 3.25. The van der Waals surface area contributed by atoms with Crippen LogP contribution in [-0.2, 0) is 6.42 Å². The lowest BCUT2D eigenvalue weighted by Crippen LogP contribution is -2.27. The minimum atomic E-state index is -0.343. The summed E-state index contributed by atoms with van der Waals surface area (Å²) in [4.78, 5) is 2.03. The van der Waals surface area contributed by atoms with Crippen molar-refractivity contribution >= 4 is 27.5 Å². The molecule has 2 nitrogen and oxygen atoms in total. The van der Waals surface area contributed by atoms with Crippen LogP contribution in [0.3, 0.4) is 0 Å². The minimum absolute atomic E-state index is 0.0509. The van der Waals surface area contributed by atoms with Crippen LogP contribution < -0.4 is 0 Å². The zero-order chi connectivity index (χ0) is 11.2. The molecule has 4 heteroatoms. The van der Waals surface area contributed by atoms with Gasteiger partial charge in [0.1, 0.15) is 0 Å². The highest BCUT2D eigenvalue weighted by molar-refractivity contribution is 9.10. The van der Waals surface area contributed by atoms with E-state index in [0.717, 1.165) is 10.0 Å². The van der Waals surface area contributed by atoms with Gasteiger partial charge < -0.3 is 10.0 Å². The van der Waals surface area contributed by atoms with Gasteiger partial charge in [-0.1, -0.05) is 27.5 Å². The van der Waals surface area contributed by atoms with E-state index < -0.39 is 0 Å². The first-order valence-electron chi connectivity index (χ1n) is 4.83. The van der Waals surface area contributed by atoms with Crippen LogP contribution in [0.2, 0.25) is 5.02 Å². The Balaban J connectivity index is 2.53. The molecule has 1 aliphatic rings. The van der Waals surface area contributed by atoms with Crippen molar-refractivity contribution in [2.24, 2.45) is 0 Å². The quantitative estimate of drug-likeness (QED) is 0.859. The highest BCUT2D eigenvalue weighted by Crippen LogP contribution is 2.40. The summed E-state index contributed by atoms with van der Waals surface area (Å²) in [6, 6.07) is 3.88. The zero-order valence-corrected chi connectivity index (χ0v) is 11.0. The van der Waals surface area contributed by atoms with Crippen LogP contribution in [0.15, 0.2) is 16.6 Å². The number of hydrogen-bond acceptors (Lipinski definition) is 2. The van der Waals surface area contributed by atoms with E-state index in [1.807, 2.05) is 31.1 Å². The second kappa shape index (κ2) is 4.06. The summed E-state index contributed by atoms with van der Waals surface area (Å²) in [5.41, 5.74) is 2.30. The molecule has 0 saturated heterocycles. The number of aliphatic hydroxyl groups excluding tert-OH is 1. The van der Waals surface area contributed by atoms with Gasteiger partial charge in [-0.3, -0.25) is 0 Å². The van der Waals surface area contributed by atoms with Gasteiger partial charge >= 0.3 is 0 Å². The summed E-state index contributed by atoms with van der Waals surface area (Å²) in [6.07, 6.45) is 0.348. The molecule has 1 aliphatic carbocycles. The van der Waals surface area contributed by atoms with Gasteiger partial charge in [0.15, 0.2) is 0 Å². The third-order valence-corrected chi connectivity index (χ3v) is 3.77. The van der Waals surface area contributed by atoms with Crippen molar-refractivity contribution in [2.45, 2.75) is 18.6 Å². The van der Waals surface area contributed by atoms with Gasteiger partial charge in [-0.15, -0.1) is 0 Å². The zero-order valence-electron chi connectivity index (χ0n) is 8.67. The van der Waals surface area contributed by atoms with Crippen LogP contribution in [0.25, 0.3) is 0 Å². The SMILES string of the molecule is CN(C)[C@@H]1c2cc(Cl)cc(Br)c2C[C@H]1O. The van der Waals surface area contributed by atoms with E-state index in [0.29, 0.717) is 11.4 Å². The molecule has 2 atom stereocenters. The monoisotopic (exact) mass is 289 g/mol. The van der Waals surface area contributed by atoms with E-state index in [2.05, 4.69) is 15.9 Å². The van der Waals surface area contributed by atoms with Gasteiger partial charge in [-0.25, -0.2) is 0 Å². The number of halogens is 2. The van der Waals surface area contributed by atoms with E-state index in [9.17, 15) is 5.11 Å². The van der Waals surface area contributed by atoms with Crippen LogP contribution in [0, 0.1) is 0 Å². The average molecular weight is 291 g/mol. The maximum atomic E-state index is 9.99. The number of aliphatic hydroxyl groups is 1. The molecule has 0 fully saturated rings. The van der Waals surface area contributed by atoms with E-state index in [1.54, 1.807) is 0 Å². The maximum absolute atomic E-state index is 9.99. The molecule has 0 heterocycles. The molecule has 15 heavy (non-hydrogen) atoms. The second-order valence-corrected chi connectivity index (χ2v) is 5.43. The number of hydrogen-bond donors (Lipinski definition) is 1. The Morgan fingerprint density at radius 3 is 2.73 bits per heavy atom. The lowest BCUT2D eigenvalue weighted by atomic mass is 10.1. The first-order chi connectivity index (χ1) is 7.00. The Hall–Kier alpha value is -0.0900. The Kier molecular flexibility index (Phi) is 3.08. The summed E-state index contributed by atoms with van der Waals surface area (Å²) >= 11 is 9.50. The van der Waals surface area contributed by atoms with E-state index in [4.69, 9.17) is 11.6 Å². The van der Waals surface area contributed by atoms with Crippen molar-refractivity contribution < 1.29 is 5.11 Å². The summed E-state index contributed by atoms with van der Waals surface area (Å²) in [7, 11) is 3.94. The fourth-order valence-electron chi connectivity index (χ4n) is 2.25. The highest BCUT2D eigenvalue weighted by atomic mass is 79.9. The topological polar surface area (TPSA) is 23.5 Å². The van der Waals surface area contributed by atoms with Crippen LogP contribution in [-0.4, -0.2) is 30.2 Å². The van der Waals surface area contributed by atoms with Gasteiger partial charge in [-0.05, 0) is 37.4 Å². The molecule has 0 amide bonds. The molecule has 1 N–H and O–H groups in total. The molecule has 0 radical (unpaired) electrons. The Bertz CT molecular complexity index is 394. The molecule has 0 aromatic heterocycles. The van der Waals surface area contributed by atoms with Crippen LogP contribution in [0.1, 0.15) is 17.2 Å². The van der Waals surface area contributed by atoms with E-state index in [1.165, 1.54) is 5.56 Å². The highest BCUT2D eigenvalue weighted by Gasteiger charge is 2.34. The third kappa shape index (κ3) is 1.94. The molecular weight excluding hydrogens is 277 g/mol. The Morgan fingerprint density at radius 2 is 2.13 bits per heavy atom. The van der Waals surface area contributed by atoms with Gasteiger partial charge in [0.05, 0.1) is 12.1 Å². The summed E-state index contributed by atoms with van der Waals surface area (Å²) in [6.45, 7) is 0. The maximum Gasteiger partial charge on any atom is 0.0777 e. The average Bonchev–Trinajstić information content (AvgIpc) is 2.41. The standard InChI is InChI=1S/C11H13BrClNO/c1-14(2)11-8-3-6(13)4-9(12)7(8)5-10(11)15/h3-4,10-11,15H,5H2,1-2H3/t10-,11-/m1/s1. The van der Waals surface area contributed by atoms with Crippen molar-refractivity contribution in [1.82, 2.24) is 4.90 Å². The predicted octanol–water partition coefficient (Wildman–Crippen LogP) is 2.62. The van der Waals surface area contributed by atoms with E-state index in [-0.39, 0.29) is 12.1 Å². The molecule has 1 aromatic rings. The molecule has 0 spiro atoms. The first kappa shape index (κ1) is 11.4. The van der Waals surface area contributed by atoms with Crippen LogP contribution in [0.4, 0.5) is 0 Å². The number of rotatable bonds is 1. The number of fused-ring (bicyclic) bond motifs is 1. The summed E-state index contributed by atoms with van der Waals surface area (Å²) in [5.74, 6) is 0. The smallest absolute Gasteiger partial charge is 0.0777 e. The first-order valence-corrected chi connectivity index (χ1v) is 6.00. The second-order valence-electron chi connectivity index (χ2n) is 4.14. The minimum Gasteiger partial charge on any atom is -0.391 e. The molecule has 2 rings (SSSR count). The van der Waals surface area contributed by atoms with E-state index >= 15 is 0 Å². The lowest BCUT2D eigenvalue weighted by Gasteiger charge is -2.23. The fraction of sp³-hybridized carbons (Fsp3) is 0.455. The third-order valence-electron chi connectivity index (χ3n) is 2.85. The summed E-state index contributed by atoms with van der Waals surface area (Å²) in [5, 5.41) is 10.7. The van der Waals surface area contributed by atoms with Gasteiger partial charge in [0, 0.05) is 15.9 Å². The van der Waals surface area contributed by atoms with Crippen molar-refractivity contribution in [1.29, 1.82) is 0 Å². The molecule has 1 aromatic carbocycles. The largest absolute Gasteiger partial charge is 0.391 e. The molecular formula is C11H13BrClNO. The number of likely N-dealkylation sites (N-methyl/N-ethyl adjacent to an activating group) is 1. The Labute approximate surface area is 103 Å². The molecule has 0 saturated carbocycles. The van der Waals surface area contributed by atoms with Crippen molar-refractivity contribution in [3.63, 3.8) is 0 Å². The number of benzene rings is 1. The van der Waals surface area contributed by atoms with Crippen LogP contribution in [0.5, 0.6) is 0 Å². The molecule has 0 unspecified atom stereocenters. The van der Waals surface area contributed by atoms with Crippen LogP contribution >= 0.6 is 27.5 Å². The van der Waals surface area contributed by atoms with Gasteiger partial charge in [0.2, 0.25) is 0 Å². The number of nitrogens with zero attached hydrogens (tertiary/aromatic N) is 1. The molecule has 82 valence electrons. The molecule has 0 bridgehead atoms. The van der Waals surface area contributed by atoms with Gasteiger partial charge in [-0.2, -0.15) is 0 Å². The predicted molar refractivity (Wildman–Crippen MR) is 65.3 cm³/mol. The van der Waals surface area contributed by atoms with Crippen molar-refractivity contribution in [3.05, 3.63) is 32.8 Å². The molecule has 0 aliphatic heterocycles. The normalized spacial score (nSPS) is 24.7.